The quantitative estimate of drug-likeness (QED) is 0.799. The average molecular weight is 227 g/mol. The minimum Gasteiger partial charge on any atom is -0.316 e. The van der Waals surface area contributed by atoms with E-state index in [0.29, 0.717) is 11.7 Å². The van der Waals surface area contributed by atoms with Gasteiger partial charge in [0.1, 0.15) is 0 Å². The first-order valence-electron chi connectivity index (χ1n) is 5.23. The van der Waals surface area contributed by atoms with E-state index in [1.54, 1.807) is 12.4 Å². The van der Waals surface area contributed by atoms with Crippen LogP contribution in [0, 0.1) is 5.92 Å². The molecule has 1 aromatic heterocycles. The summed E-state index contributed by atoms with van der Waals surface area (Å²) >= 11 is 5.89. The van der Waals surface area contributed by atoms with E-state index in [9.17, 15) is 0 Å². The molecule has 0 radical (unpaired) electrons. The molecule has 0 amide bonds. The van der Waals surface area contributed by atoms with Gasteiger partial charge in [-0.2, -0.15) is 0 Å². The highest BCUT2D eigenvalue weighted by molar-refractivity contribution is 6.29. The molecule has 0 spiro atoms. The van der Waals surface area contributed by atoms with Crippen molar-refractivity contribution in [1.29, 1.82) is 0 Å². The molecule has 1 aromatic rings. The van der Waals surface area contributed by atoms with E-state index >= 15 is 0 Å². The predicted molar refractivity (Wildman–Crippen MR) is 59.7 cm³/mol. The molecule has 0 aromatic carbocycles. The van der Waals surface area contributed by atoms with Crippen molar-refractivity contribution >= 4 is 11.6 Å². The molecule has 82 valence electrons. The van der Waals surface area contributed by atoms with Gasteiger partial charge in [-0.05, 0) is 32.0 Å². The lowest BCUT2D eigenvalue weighted by molar-refractivity contribution is 0.509. The lowest BCUT2D eigenvalue weighted by Gasteiger charge is -2.09. The lowest BCUT2D eigenvalue weighted by atomic mass is 10.1. The van der Waals surface area contributed by atoms with Crippen molar-refractivity contribution in [2.75, 3.05) is 19.6 Å². The molecule has 0 aliphatic carbocycles. The van der Waals surface area contributed by atoms with E-state index < -0.39 is 0 Å². The van der Waals surface area contributed by atoms with E-state index in [0.717, 1.165) is 31.2 Å². The summed E-state index contributed by atoms with van der Waals surface area (Å²) in [4.78, 5) is 8.15. The van der Waals surface area contributed by atoms with E-state index in [1.807, 2.05) is 0 Å². The average Bonchev–Trinajstić information content (AvgIpc) is 2.74. The van der Waals surface area contributed by atoms with E-state index in [4.69, 9.17) is 11.6 Å². The summed E-state index contributed by atoms with van der Waals surface area (Å²) in [5, 5.41) is 7.19. The minimum atomic E-state index is 0.495. The van der Waals surface area contributed by atoms with E-state index in [-0.39, 0.29) is 0 Å². The van der Waals surface area contributed by atoms with Gasteiger partial charge in [0, 0.05) is 18.9 Å². The topological polar surface area (TPSA) is 49.8 Å². The van der Waals surface area contributed by atoms with Gasteiger partial charge in [0.05, 0.1) is 5.69 Å². The summed E-state index contributed by atoms with van der Waals surface area (Å²) in [5.74, 6) is 0.737. The van der Waals surface area contributed by atoms with Crippen LogP contribution in [-0.4, -0.2) is 29.6 Å². The molecule has 4 nitrogen and oxygen atoms in total. The van der Waals surface area contributed by atoms with Crippen molar-refractivity contribution in [3.05, 3.63) is 23.2 Å². The Bertz CT molecular complexity index is 312. The SMILES string of the molecule is Clc1nccnc1CNC[C@@H]1CCNC1. The largest absolute Gasteiger partial charge is 0.316 e. The van der Waals surface area contributed by atoms with Crippen molar-refractivity contribution in [1.82, 2.24) is 20.6 Å². The lowest BCUT2D eigenvalue weighted by Crippen LogP contribution is -2.24. The van der Waals surface area contributed by atoms with Gasteiger partial charge in [-0.3, -0.25) is 4.98 Å². The molecule has 0 bridgehead atoms. The van der Waals surface area contributed by atoms with Gasteiger partial charge in [0.15, 0.2) is 5.15 Å². The summed E-state index contributed by atoms with van der Waals surface area (Å²) in [5.41, 5.74) is 0.824. The van der Waals surface area contributed by atoms with E-state index in [1.165, 1.54) is 6.42 Å². The van der Waals surface area contributed by atoms with Gasteiger partial charge < -0.3 is 10.6 Å². The summed E-state index contributed by atoms with van der Waals surface area (Å²) in [6.45, 7) is 3.96. The van der Waals surface area contributed by atoms with Crippen LogP contribution in [0.1, 0.15) is 12.1 Å². The van der Waals surface area contributed by atoms with Crippen molar-refractivity contribution in [2.45, 2.75) is 13.0 Å². The number of nitrogens with zero attached hydrogens (tertiary/aromatic N) is 2. The Kier molecular flexibility index (Phi) is 3.88. The number of rotatable bonds is 4. The summed E-state index contributed by atoms with van der Waals surface area (Å²) < 4.78 is 0. The Balaban J connectivity index is 1.75. The predicted octanol–water partition coefficient (Wildman–Crippen LogP) is 0.829. The molecule has 1 atom stereocenters. The van der Waals surface area contributed by atoms with Crippen LogP contribution in [0.3, 0.4) is 0 Å². The van der Waals surface area contributed by atoms with Gasteiger partial charge in [-0.1, -0.05) is 11.6 Å². The Morgan fingerprint density at radius 3 is 3.07 bits per heavy atom. The Labute approximate surface area is 94.5 Å². The molecule has 1 aliphatic rings. The van der Waals surface area contributed by atoms with Gasteiger partial charge in [-0.25, -0.2) is 4.98 Å². The van der Waals surface area contributed by atoms with Crippen LogP contribution < -0.4 is 10.6 Å². The van der Waals surface area contributed by atoms with Crippen molar-refractivity contribution in [3.63, 3.8) is 0 Å². The molecule has 0 saturated carbocycles. The van der Waals surface area contributed by atoms with Gasteiger partial charge in [0.2, 0.25) is 0 Å². The van der Waals surface area contributed by atoms with Crippen molar-refractivity contribution in [3.8, 4) is 0 Å². The zero-order valence-corrected chi connectivity index (χ0v) is 9.30. The van der Waals surface area contributed by atoms with E-state index in [2.05, 4.69) is 20.6 Å². The maximum absolute atomic E-state index is 5.89. The molecule has 5 heteroatoms. The summed E-state index contributed by atoms with van der Waals surface area (Å²) in [6.07, 6.45) is 4.52. The summed E-state index contributed by atoms with van der Waals surface area (Å²) in [6, 6.07) is 0. The molecule has 2 N–H and O–H groups in total. The first kappa shape index (κ1) is 10.8. The molecule has 2 heterocycles. The minimum absolute atomic E-state index is 0.495. The third-order valence-corrected chi connectivity index (χ3v) is 2.93. The molecule has 1 saturated heterocycles. The first-order chi connectivity index (χ1) is 7.36. The van der Waals surface area contributed by atoms with Crippen LogP contribution in [0.5, 0.6) is 0 Å². The highest BCUT2D eigenvalue weighted by Gasteiger charge is 2.13. The molecule has 1 aliphatic heterocycles. The zero-order chi connectivity index (χ0) is 10.5. The molecule has 2 rings (SSSR count). The number of nitrogens with one attached hydrogen (secondary N) is 2. The van der Waals surface area contributed by atoms with Crippen LogP contribution in [0.4, 0.5) is 0 Å². The monoisotopic (exact) mass is 226 g/mol. The van der Waals surface area contributed by atoms with Gasteiger partial charge >= 0.3 is 0 Å². The van der Waals surface area contributed by atoms with Crippen LogP contribution in [0.15, 0.2) is 12.4 Å². The smallest absolute Gasteiger partial charge is 0.151 e. The third-order valence-electron chi connectivity index (χ3n) is 2.61. The fourth-order valence-electron chi connectivity index (χ4n) is 1.75. The van der Waals surface area contributed by atoms with Crippen molar-refractivity contribution < 1.29 is 0 Å². The second kappa shape index (κ2) is 5.39. The Hall–Kier alpha value is -0.710. The van der Waals surface area contributed by atoms with Crippen LogP contribution in [0.25, 0.3) is 0 Å². The molecular weight excluding hydrogens is 212 g/mol. The highest BCUT2D eigenvalue weighted by atomic mass is 35.5. The highest BCUT2D eigenvalue weighted by Crippen LogP contribution is 2.09. The molecule has 15 heavy (non-hydrogen) atoms. The molecular formula is C10H15ClN4. The Morgan fingerprint density at radius 1 is 1.47 bits per heavy atom. The zero-order valence-electron chi connectivity index (χ0n) is 8.54. The number of halogens is 1. The normalized spacial score (nSPS) is 20.7. The number of hydrogen-bond acceptors (Lipinski definition) is 4. The second-order valence-corrected chi connectivity index (χ2v) is 4.14. The summed E-state index contributed by atoms with van der Waals surface area (Å²) in [7, 11) is 0. The molecule has 0 unspecified atom stereocenters. The number of aromatic nitrogens is 2. The second-order valence-electron chi connectivity index (χ2n) is 3.78. The van der Waals surface area contributed by atoms with Crippen LogP contribution >= 0.6 is 11.6 Å². The van der Waals surface area contributed by atoms with Gasteiger partial charge in [0.25, 0.3) is 0 Å². The maximum atomic E-state index is 5.89. The first-order valence-corrected chi connectivity index (χ1v) is 5.61. The number of hydrogen-bond donors (Lipinski definition) is 2. The Morgan fingerprint density at radius 2 is 2.33 bits per heavy atom. The van der Waals surface area contributed by atoms with Crippen LogP contribution in [-0.2, 0) is 6.54 Å². The fraction of sp³-hybridized carbons (Fsp3) is 0.600. The standard InChI is InChI=1S/C10H15ClN4/c11-10-9(14-3-4-15-10)7-13-6-8-1-2-12-5-8/h3-4,8,12-13H,1-2,5-7H2/t8-/m1/s1. The van der Waals surface area contributed by atoms with Gasteiger partial charge in [-0.15, -0.1) is 0 Å². The van der Waals surface area contributed by atoms with Crippen molar-refractivity contribution in [2.24, 2.45) is 5.92 Å². The fourth-order valence-corrected chi connectivity index (χ4v) is 1.92. The maximum Gasteiger partial charge on any atom is 0.151 e. The molecule has 1 fully saturated rings. The van der Waals surface area contributed by atoms with Crippen LogP contribution in [0.2, 0.25) is 5.15 Å². The third kappa shape index (κ3) is 3.12.